The SMILES string of the molecule is CNS(=O)(=O)c1cc(C(=O)OCc2ccccc2Oc2cccnc2)n(C)c1. The van der Waals surface area contributed by atoms with Gasteiger partial charge in [-0.15, -0.1) is 0 Å². The molecule has 1 N–H and O–H groups in total. The van der Waals surface area contributed by atoms with E-state index in [1.807, 2.05) is 6.07 Å². The van der Waals surface area contributed by atoms with Crippen LogP contribution >= 0.6 is 0 Å². The van der Waals surface area contributed by atoms with Crippen molar-refractivity contribution in [2.45, 2.75) is 11.5 Å². The number of carbonyl (C=O) groups is 1. The molecule has 0 saturated heterocycles. The number of aryl methyl sites for hydroxylation is 1. The minimum Gasteiger partial charge on any atom is -0.456 e. The molecule has 0 aliphatic heterocycles. The number of pyridine rings is 1. The normalized spacial score (nSPS) is 11.2. The monoisotopic (exact) mass is 401 g/mol. The minimum absolute atomic E-state index is 0.00948. The number of para-hydroxylation sites is 1. The molecule has 0 saturated carbocycles. The lowest BCUT2D eigenvalue weighted by Gasteiger charge is -2.11. The number of benzene rings is 1. The summed E-state index contributed by atoms with van der Waals surface area (Å²) in [5, 5.41) is 0. The molecule has 0 atom stereocenters. The van der Waals surface area contributed by atoms with Crippen LogP contribution in [0.3, 0.4) is 0 Å². The van der Waals surface area contributed by atoms with E-state index in [1.165, 1.54) is 23.9 Å². The molecule has 0 spiro atoms. The van der Waals surface area contributed by atoms with Crippen molar-refractivity contribution in [1.82, 2.24) is 14.3 Å². The average Bonchev–Trinajstić information content (AvgIpc) is 3.10. The zero-order valence-corrected chi connectivity index (χ0v) is 16.1. The molecular formula is C19H19N3O5S. The number of carbonyl (C=O) groups excluding carboxylic acids is 1. The number of hydrogen-bond donors (Lipinski definition) is 1. The van der Waals surface area contributed by atoms with Crippen LogP contribution in [0.2, 0.25) is 0 Å². The van der Waals surface area contributed by atoms with E-state index in [-0.39, 0.29) is 17.2 Å². The number of esters is 1. The lowest BCUT2D eigenvalue weighted by Crippen LogP contribution is -2.17. The summed E-state index contributed by atoms with van der Waals surface area (Å²) in [4.78, 5) is 16.4. The Kier molecular flexibility index (Phi) is 5.76. The van der Waals surface area contributed by atoms with Crippen molar-refractivity contribution in [3.63, 3.8) is 0 Å². The molecule has 1 aromatic carbocycles. The van der Waals surface area contributed by atoms with Crippen LogP contribution < -0.4 is 9.46 Å². The Morgan fingerprint density at radius 1 is 1.21 bits per heavy atom. The molecule has 3 rings (SSSR count). The van der Waals surface area contributed by atoms with Gasteiger partial charge in [-0.3, -0.25) is 4.98 Å². The van der Waals surface area contributed by atoms with Crippen LogP contribution in [0.15, 0.2) is 66.0 Å². The first-order valence-electron chi connectivity index (χ1n) is 8.33. The number of aromatic nitrogens is 2. The van der Waals surface area contributed by atoms with Crippen molar-refractivity contribution in [1.29, 1.82) is 0 Å². The Balaban J connectivity index is 1.74. The summed E-state index contributed by atoms with van der Waals surface area (Å²) in [5.74, 6) is 0.454. The molecule has 8 nitrogen and oxygen atoms in total. The van der Waals surface area contributed by atoms with Gasteiger partial charge >= 0.3 is 5.97 Å². The van der Waals surface area contributed by atoms with E-state index in [2.05, 4.69) is 9.71 Å². The first-order chi connectivity index (χ1) is 13.4. The smallest absolute Gasteiger partial charge is 0.355 e. The third-order valence-corrected chi connectivity index (χ3v) is 5.34. The van der Waals surface area contributed by atoms with E-state index in [4.69, 9.17) is 9.47 Å². The number of nitrogens with one attached hydrogen (secondary N) is 1. The molecule has 0 amide bonds. The highest BCUT2D eigenvalue weighted by Crippen LogP contribution is 2.25. The minimum atomic E-state index is -3.65. The topological polar surface area (TPSA) is 99.5 Å². The molecule has 0 aliphatic rings. The Morgan fingerprint density at radius 2 is 2.00 bits per heavy atom. The number of nitrogens with zero attached hydrogens (tertiary/aromatic N) is 2. The van der Waals surface area contributed by atoms with Crippen molar-refractivity contribution in [3.05, 3.63) is 72.3 Å². The molecule has 0 bridgehead atoms. The van der Waals surface area contributed by atoms with Crippen LogP contribution in [0.4, 0.5) is 0 Å². The highest BCUT2D eigenvalue weighted by Gasteiger charge is 2.20. The summed E-state index contributed by atoms with van der Waals surface area (Å²) in [6.07, 6.45) is 4.57. The lowest BCUT2D eigenvalue weighted by molar-refractivity contribution is 0.0459. The quantitative estimate of drug-likeness (QED) is 0.611. The molecule has 0 radical (unpaired) electrons. The highest BCUT2D eigenvalue weighted by atomic mass is 32.2. The first kappa shape index (κ1) is 19.6. The average molecular weight is 401 g/mol. The van der Waals surface area contributed by atoms with Crippen molar-refractivity contribution < 1.29 is 22.7 Å². The van der Waals surface area contributed by atoms with Gasteiger partial charge < -0.3 is 14.0 Å². The molecule has 2 heterocycles. The third-order valence-electron chi connectivity index (χ3n) is 3.96. The fourth-order valence-corrected chi connectivity index (χ4v) is 3.28. The van der Waals surface area contributed by atoms with E-state index in [1.54, 1.807) is 49.8 Å². The van der Waals surface area contributed by atoms with Gasteiger partial charge in [0.1, 0.15) is 28.7 Å². The van der Waals surface area contributed by atoms with Crippen LogP contribution in [0, 0.1) is 0 Å². The number of rotatable bonds is 7. The van der Waals surface area contributed by atoms with Crippen LogP contribution in [-0.2, 0) is 28.4 Å². The van der Waals surface area contributed by atoms with Crippen LogP contribution in [0.5, 0.6) is 11.5 Å². The summed E-state index contributed by atoms with van der Waals surface area (Å²) in [6, 6.07) is 11.9. The van der Waals surface area contributed by atoms with Gasteiger partial charge in [-0.05, 0) is 31.3 Å². The second-order valence-electron chi connectivity index (χ2n) is 5.85. The second-order valence-corrected chi connectivity index (χ2v) is 7.74. The molecular weight excluding hydrogens is 382 g/mol. The highest BCUT2D eigenvalue weighted by molar-refractivity contribution is 7.89. The van der Waals surface area contributed by atoms with Crippen molar-refractivity contribution >= 4 is 16.0 Å². The van der Waals surface area contributed by atoms with Crippen molar-refractivity contribution in [2.75, 3.05) is 7.05 Å². The zero-order valence-electron chi connectivity index (χ0n) is 15.3. The second kappa shape index (κ2) is 8.24. The Bertz CT molecular complexity index is 1080. The number of hydrogen-bond acceptors (Lipinski definition) is 6. The lowest BCUT2D eigenvalue weighted by atomic mass is 10.2. The molecule has 28 heavy (non-hydrogen) atoms. The van der Waals surface area contributed by atoms with Gasteiger partial charge in [0.15, 0.2) is 0 Å². The molecule has 0 fully saturated rings. The maximum atomic E-state index is 12.4. The summed E-state index contributed by atoms with van der Waals surface area (Å²) in [5.41, 5.74) is 0.788. The molecule has 9 heteroatoms. The summed E-state index contributed by atoms with van der Waals surface area (Å²) < 4.78 is 38.5. The summed E-state index contributed by atoms with van der Waals surface area (Å²) in [7, 11) is -0.767. The van der Waals surface area contributed by atoms with Gasteiger partial charge in [-0.25, -0.2) is 17.9 Å². The van der Waals surface area contributed by atoms with Crippen LogP contribution in [-0.4, -0.2) is 31.0 Å². The predicted molar refractivity (Wildman–Crippen MR) is 102 cm³/mol. The van der Waals surface area contributed by atoms with Crippen LogP contribution in [0.25, 0.3) is 0 Å². The number of sulfonamides is 1. The van der Waals surface area contributed by atoms with Gasteiger partial charge in [0, 0.05) is 25.0 Å². The van der Waals surface area contributed by atoms with E-state index >= 15 is 0 Å². The Labute approximate surface area is 162 Å². The van der Waals surface area contributed by atoms with Gasteiger partial charge in [-0.2, -0.15) is 0 Å². The van der Waals surface area contributed by atoms with Gasteiger partial charge in [0.2, 0.25) is 10.0 Å². The third kappa shape index (κ3) is 4.38. The van der Waals surface area contributed by atoms with Gasteiger partial charge in [0.25, 0.3) is 0 Å². The fourth-order valence-electron chi connectivity index (χ4n) is 2.48. The molecule has 0 aliphatic carbocycles. The van der Waals surface area contributed by atoms with Crippen molar-refractivity contribution in [2.24, 2.45) is 7.05 Å². The summed E-state index contributed by atoms with van der Waals surface area (Å²) in [6.45, 7) is -0.0332. The first-order valence-corrected chi connectivity index (χ1v) is 9.82. The zero-order chi connectivity index (χ0) is 20.1. The maximum absolute atomic E-state index is 12.4. The Hall–Kier alpha value is -3.17. The number of ether oxygens (including phenoxy) is 2. The summed E-state index contributed by atoms with van der Waals surface area (Å²) >= 11 is 0. The van der Waals surface area contributed by atoms with Crippen LogP contribution in [0.1, 0.15) is 16.1 Å². The van der Waals surface area contributed by atoms with Gasteiger partial charge in [-0.1, -0.05) is 18.2 Å². The largest absolute Gasteiger partial charge is 0.456 e. The Morgan fingerprint density at radius 3 is 2.71 bits per heavy atom. The maximum Gasteiger partial charge on any atom is 0.355 e. The molecule has 146 valence electrons. The molecule has 2 aromatic heterocycles. The van der Waals surface area contributed by atoms with E-state index in [9.17, 15) is 13.2 Å². The van der Waals surface area contributed by atoms with Gasteiger partial charge in [0.05, 0.1) is 6.20 Å². The van der Waals surface area contributed by atoms with E-state index < -0.39 is 16.0 Å². The van der Waals surface area contributed by atoms with E-state index in [0.717, 1.165) is 0 Å². The van der Waals surface area contributed by atoms with E-state index in [0.29, 0.717) is 17.1 Å². The molecule has 0 unspecified atom stereocenters. The predicted octanol–water partition coefficient (Wildman–Crippen LogP) is 2.48. The molecule has 3 aromatic rings. The standard InChI is InChI=1S/C19H19N3O5S/c1-20-28(24,25)16-10-17(22(2)12-16)19(23)26-13-14-6-3-4-8-18(14)27-15-7-5-9-21-11-15/h3-12,20H,13H2,1-2H3. The van der Waals surface area contributed by atoms with Crippen molar-refractivity contribution in [3.8, 4) is 11.5 Å². The fraction of sp³-hybridized carbons (Fsp3) is 0.158.